The van der Waals surface area contributed by atoms with Gasteiger partial charge in [0.15, 0.2) is 0 Å². The molecule has 1 aliphatic heterocycles. The number of nitrogens with zero attached hydrogens (tertiary/aromatic N) is 5. The number of halogens is 3. The number of fused-ring (bicyclic) bond motifs is 1. The Hall–Kier alpha value is -3.45. The lowest BCUT2D eigenvalue weighted by Gasteiger charge is -2.18. The molecule has 5 rings (SSSR count). The van der Waals surface area contributed by atoms with Gasteiger partial charge in [0.05, 0.1) is 22.2 Å². The number of H-pyrrole nitrogens is 1. The second kappa shape index (κ2) is 9.30. The molecule has 0 spiro atoms. The quantitative estimate of drug-likeness (QED) is 0.360. The van der Waals surface area contributed by atoms with Crippen LogP contribution in [-0.4, -0.2) is 44.5 Å². The molecule has 0 aliphatic carbocycles. The van der Waals surface area contributed by atoms with E-state index in [0.29, 0.717) is 53.5 Å². The number of ether oxygens (including phenoxy) is 1. The maximum atomic E-state index is 13.9. The van der Waals surface area contributed by atoms with Crippen molar-refractivity contribution in [1.82, 2.24) is 20.2 Å². The van der Waals surface area contributed by atoms with E-state index in [1.54, 1.807) is 31.3 Å². The van der Waals surface area contributed by atoms with Gasteiger partial charge in [0.25, 0.3) is 0 Å². The van der Waals surface area contributed by atoms with Crippen LogP contribution in [0.25, 0.3) is 22.2 Å². The Labute approximate surface area is 209 Å². The summed E-state index contributed by atoms with van der Waals surface area (Å²) in [6.45, 7) is 2.80. The highest BCUT2D eigenvalue weighted by Crippen LogP contribution is 2.36. The fourth-order valence-corrected chi connectivity index (χ4v) is 4.88. The van der Waals surface area contributed by atoms with Gasteiger partial charge < -0.3 is 14.7 Å². The molecule has 178 valence electrons. The minimum atomic E-state index is -0.818. The number of aromatic amines is 1. The van der Waals surface area contributed by atoms with Gasteiger partial charge in [-0.25, -0.2) is 9.97 Å². The molecular weight excluding hydrogens is 494 g/mol. The molecule has 4 aromatic rings. The number of anilines is 1. The number of nitriles is 1. The van der Waals surface area contributed by atoms with Crippen molar-refractivity contribution in [2.24, 2.45) is 0 Å². The van der Waals surface area contributed by atoms with Crippen molar-refractivity contribution in [2.75, 3.05) is 18.0 Å². The van der Waals surface area contributed by atoms with Gasteiger partial charge in [-0.2, -0.15) is 14.8 Å². The zero-order valence-electron chi connectivity index (χ0n) is 18.5. The maximum absolute atomic E-state index is 13.9. The molecule has 8 nitrogen and oxygen atoms in total. The highest BCUT2D eigenvalue weighted by molar-refractivity contribution is 6.35. The van der Waals surface area contributed by atoms with Crippen LogP contribution in [0.3, 0.4) is 0 Å². The van der Waals surface area contributed by atoms with Gasteiger partial charge in [-0.15, -0.1) is 0 Å². The number of aliphatic hydroxyl groups is 1. The number of pyridine rings is 2. The van der Waals surface area contributed by atoms with E-state index in [1.807, 2.05) is 11.0 Å². The normalized spacial score (nSPS) is 16.5. The van der Waals surface area contributed by atoms with Crippen LogP contribution in [0.15, 0.2) is 36.7 Å². The Morgan fingerprint density at radius 1 is 1.29 bits per heavy atom. The number of benzene rings is 1. The van der Waals surface area contributed by atoms with Crippen LogP contribution in [0.2, 0.25) is 10.0 Å². The molecule has 35 heavy (non-hydrogen) atoms. The standard InChI is InChI=1S/C24H19Cl2FN6O2/c1-12(20-18(25)10-29-23(27)21(20)26)35-16-2-3-19-17(7-16)22(32-31-19)14-6-13(8-28)24(30-9-14)33-5-4-15(34)11-33/h2-3,6-7,9-10,12,15,34H,4-5,11H2,1H3,(H,31,32)/t12-,15?/m1/s1. The minimum Gasteiger partial charge on any atom is -0.486 e. The molecule has 4 heterocycles. The van der Waals surface area contributed by atoms with Crippen LogP contribution < -0.4 is 9.64 Å². The first-order valence-corrected chi connectivity index (χ1v) is 11.6. The molecule has 0 amide bonds. The molecule has 1 saturated heterocycles. The summed E-state index contributed by atoms with van der Waals surface area (Å²) in [5.41, 5.74) is 2.72. The van der Waals surface area contributed by atoms with Crippen LogP contribution in [0.5, 0.6) is 5.75 Å². The van der Waals surface area contributed by atoms with Crippen LogP contribution in [0.1, 0.15) is 30.6 Å². The maximum Gasteiger partial charge on any atom is 0.232 e. The lowest BCUT2D eigenvalue weighted by atomic mass is 10.1. The van der Waals surface area contributed by atoms with Gasteiger partial charge in [-0.05, 0) is 37.6 Å². The van der Waals surface area contributed by atoms with Gasteiger partial charge in [-0.3, -0.25) is 5.10 Å². The fraction of sp³-hybridized carbons (Fsp3) is 0.250. The average Bonchev–Trinajstić information content (AvgIpc) is 3.47. The van der Waals surface area contributed by atoms with Gasteiger partial charge in [-0.1, -0.05) is 23.2 Å². The minimum absolute atomic E-state index is 0.184. The van der Waals surface area contributed by atoms with E-state index in [-0.39, 0.29) is 10.0 Å². The van der Waals surface area contributed by atoms with Gasteiger partial charge in [0.2, 0.25) is 5.95 Å². The first-order chi connectivity index (χ1) is 16.9. The van der Waals surface area contributed by atoms with Crippen molar-refractivity contribution in [3.8, 4) is 23.1 Å². The molecule has 0 radical (unpaired) electrons. The predicted octanol–water partition coefficient (Wildman–Crippen LogP) is 5.05. The topological polar surface area (TPSA) is 111 Å². The van der Waals surface area contributed by atoms with Crippen LogP contribution in [0.4, 0.5) is 10.2 Å². The number of hydrogen-bond donors (Lipinski definition) is 2. The van der Waals surface area contributed by atoms with E-state index in [0.717, 1.165) is 10.9 Å². The summed E-state index contributed by atoms with van der Waals surface area (Å²) >= 11 is 12.3. The van der Waals surface area contributed by atoms with E-state index >= 15 is 0 Å². The Kier molecular flexibility index (Phi) is 6.19. The number of β-amino-alcohol motifs (C(OH)–C–C–N with tert-alkyl or cyclic N) is 1. The zero-order chi connectivity index (χ0) is 24.7. The van der Waals surface area contributed by atoms with Crippen molar-refractivity contribution in [2.45, 2.75) is 25.6 Å². The lowest BCUT2D eigenvalue weighted by Crippen LogP contribution is -2.23. The summed E-state index contributed by atoms with van der Waals surface area (Å²) in [4.78, 5) is 9.92. The number of aromatic nitrogens is 4. The molecule has 0 bridgehead atoms. The number of rotatable bonds is 5. The van der Waals surface area contributed by atoms with Crippen LogP contribution in [-0.2, 0) is 0 Å². The fourth-order valence-electron chi connectivity index (χ4n) is 4.23. The van der Waals surface area contributed by atoms with Gasteiger partial charge >= 0.3 is 0 Å². The summed E-state index contributed by atoms with van der Waals surface area (Å²) in [6.07, 6.45) is 2.42. The second-order valence-electron chi connectivity index (χ2n) is 8.26. The monoisotopic (exact) mass is 512 g/mol. The molecular formula is C24H19Cl2FN6O2. The van der Waals surface area contributed by atoms with E-state index < -0.39 is 18.2 Å². The Morgan fingerprint density at radius 3 is 2.86 bits per heavy atom. The van der Waals surface area contributed by atoms with Gasteiger partial charge in [0, 0.05) is 42.0 Å². The molecule has 2 atom stereocenters. The van der Waals surface area contributed by atoms with Gasteiger partial charge in [0.1, 0.15) is 34.5 Å². The van der Waals surface area contributed by atoms with E-state index in [4.69, 9.17) is 27.9 Å². The zero-order valence-corrected chi connectivity index (χ0v) is 20.0. The second-order valence-corrected chi connectivity index (χ2v) is 9.04. The Morgan fingerprint density at radius 2 is 2.11 bits per heavy atom. The van der Waals surface area contributed by atoms with E-state index in [2.05, 4.69) is 26.2 Å². The molecule has 11 heteroatoms. The van der Waals surface area contributed by atoms with Crippen molar-refractivity contribution >= 4 is 39.9 Å². The molecule has 0 saturated carbocycles. The lowest BCUT2D eigenvalue weighted by molar-refractivity contribution is 0.198. The van der Waals surface area contributed by atoms with Crippen LogP contribution >= 0.6 is 23.2 Å². The summed E-state index contributed by atoms with van der Waals surface area (Å²) in [6, 6.07) is 9.29. The number of aliphatic hydroxyl groups excluding tert-OH is 1. The van der Waals surface area contributed by atoms with Crippen molar-refractivity contribution in [3.63, 3.8) is 0 Å². The molecule has 1 aliphatic rings. The smallest absolute Gasteiger partial charge is 0.232 e. The number of nitrogens with one attached hydrogen (secondary N) is 1. The molecule has 2 N–H and O–H groups in total. The van der Waals surface area contributed by atoms with E-state index in [9.17, 15) is 14.8 Å². The summed E-state index contributed by atoms with van der Waals surface area (Å²) < 4.78 is 19.9. The average molecular weight is 513 g/mol. The molecule has 1 fully saturated rings. The third-order valence-electron chi connectivity index (χ3n) is 5.94. The summed E-state index contributed by atoms with van der Waals surface area (Å²) in [7, 11) is 0. The van der Waals surface area contributed by atoms with Crippen molar-refractivity contribution in [3.05, 3.63) is 63.8 Å². The van der Waals surface area contributed by atoms with Crippen molar-refractivity contribution < 1.29 is 14.2 Å². The summed E-state index contributed by atoms with van der Waals surface area (Å²) in [5, 5.41) is 27.7. The van der Waals surface area contributed by atoms with Crippen molar-refractivity contribution in [1.29, 1.82) is 5.26 Å². The Balaban J connectivity index is 1.47. The molecule has 1 aromatic carbocycles. The molecule has 1 unspecified atom stereocenters. The van der Waals surface area contributed by atoms with Crippen LogP contribution in [0, 0.1) is 17.3 Å². The highest BCUT2D eigenvalue weighted by Gasteiger charge is 2.24. The third-order valence-corrected chi connectivity index (χ3v) is 6.60. The third kappa shape index (κ3) is 4.36. The SMILES string of the molecule is C[C@@H](Oc1ccc2[nH]nc(-c3cnc(N4CCC(O)C4)c(C#N)c3)c2c1)c1c(Cl)cnc(F)c1Cl. The first kappa shape index (κ1) is 23.3. The predicted molar refractivity (Wildman–Crippen MR) is 130 cm³/mol. The van der Waals surface area contributed by atoms with E-state index in [1.165, 1.54) is 6.20 Å². The first-order valence-electron chi connectivity index (χ1n) is 10.8. The number of hydrogen-bond acceptors (Lipinski definition) is 7. The largest absolute Gasteiger partial charge is 0.486 e. The molecule has 3 aromatic heterocycles. The Bertz CT molecular complexity index is 1470. The highest BCUT2D eigenvalue weighted by atomic mass is 35.5. The summed E-state index contributed by atoms with van der Waals surface area (Å²) in [5.74, 6) is 0.221.